The van der Waals surface area contributed by atoms with E-state index in [1.165, 1.54) is 17.7 Å². The van der Waals surface area contributed by atoms with Crippen LogP contribution < -0.4 is 9.64 Å². The van der Waals surface area contributed by atoms with Crippen LogP contribution in [0.2, 0.25) is 0 Å². The van der Waals surface area contributed by atoms with E-state index in [4.69, 9.17) is 4.74 Å². The molecule has 1 heterocycles. The van der Waals surface area contributed by atoms with Gasteiger partial charge in [-0.2, -0.15) is 0 Å². The molecule has 0 unspecified atom stereocenters. The first-order valence-electron chi connectivity index (χ1n) is 8.96. The van der Waals surface area contributed by atoms with Crippen molar-refractivity contribution < 1.29 is 14.3 Å². The van der Waals surface area contributed by atoms with E-state index >= 15 is 0 Å². The number of fused-ring (bicyclic) bond motifs is 3. The van der Waals surface area contributed by atoms with Crippen LogP contribution in [0.5, 0.6) is 5.75 Å². The lowest BCUT2D eigenvalue weighted by atomic mass is 9.85. The van der Waals surface area contributed by atoms with Crippen molar-refractivity contribution in [2.75, 3.05) is 11.5 Å². The molecule has 124 valence electrons. The van der Waals surface area contributed by atoms with Crippen molar-refractivity contribution in [3.63, 3.8) is 0 Å². The van der Waals surface area contributed by atoms with E-state index < -0.39 is 0 Å². The molecular formula is C20H21NO3. The van der Waals surface area contributed by atoms with Crippen LogP contribution in [0, 0.1) is 29.1 Å². The molecule has 1 aliphatic heterocycles. The van der Waals surface area contributed by atoms with E-state index in [-0.39, 0.29) is 40.9 Å². The molecule has 0 radical (unpaired) electrons. The predicted molar refractivity (Wildman–Crippen MR) is 89.5 cm³/mol. The number of anilines is 1. The van der Waals surface area contributed by atoms with Crippen molar-refractivity contribution in [1.82, 2.24) is 0 Å². The van der Waals surface area contributed by atoms with Crippen LogP contribution in [0.1, 0.15) is 26.2 Å². The first-order valence-corrected chi connectivity index (χ1v) is 8.96. The van der Waals surface area contributed by atoms with Crippen molar-refractivity contribution in [3.8, 4) is 5.75 Å². The molecule has 2 amide bonds. The Balaban J connectivity index is 1.43. The van der Waals surface area contributed by atoms with Crippen LogP contribution in [0.4, 0.5) is 5.69 Å². The second kappa shape index (κ2) is 4.71. The third-order valence-corrected chi connectivity index (χ3v) is 6.42. The second-order valence-electron chi connectivity index (χ2n) is 7.58. The van der Waals surface area contributed by atoms with E-state index in [2.05, 4.69) is 19.1 Å². The standard InChI is InChI=1S/C20H21NO3/c1-2-11-24-13-5-3-12(4-6-13)21-18(22)16-14-7-8-15(17(16)19(21)23)20(14)9-10-20/h3-8,14-17H,2,9-11H2,1H3/t14-,15-,16-,17-/m0/s1. The number of hydrogen-bond acceptors (Lipinski definition) is 3. The quantitative estimate of drug-likeness (QED) is 0.631. The Morgan fingerprint density at radius 3 is 2.12 bits per heavy atom. The van der Waals surface area contributed by atoms with Gasteiger partial charge in [0.15, 0.2) is 0 Å². The van der Waals surface area contributed by atoms with Gasteiger partial charge >= 0.3 is 0 Å². The summed E-state index contributed by atoms with van der Waals surface area (Å²) in [7, 11) is 0. The molecule has 4 nitrogen and oxygen atoms in total. The van der Waals surface area contributed by atoms with Gasteiger partial charge in [-0.15, -0.1) is 0 Å². The fourth-order valence-electron chi connectivity index (χ4n) is 5.24. The Morgan fingerprint density at radius 1 is 1.04 bits per heavy atom. The Kier molecular flexibility index (Phi) is 2.80. The van der Waals surface area contributed by atoms with Crippen LogP contribution >= 0.6 is 0 Å². The van der Waals surface area contributed by atoms with Crippen molar-refractivity contribution in [2.24, 2.45) is 29.1 Å². The highest BCUT2D eigenvalue weighted by molar-refractivity contribution is 6.23. The average Bonchev–Trinajstić information content (AvgIpc) is 3.19. The van der Waals surface area contributed by atoms with E-state index in [0.717, 1.165) is 12.2 Å². The summed E-state index contributed by atoms with van der Waals surface area (Å²) in [5.41, 5.74) is 0.928. The molecule has 2 bridgehead atoms. The minimum absolute atomic E-state index is 0.00430. The van der Waals surface area contributed by atoms with Gasteiger partial charge in [0.05, 0.1) is 24.1 Å². The van der Waals surface area contributed by atoms with Gasteiger partial charge in [-0.25, -0.2) is 0 Å². The van der Waals surface area contributed by atoms with E-state index in [1.807, 2.05) is 24.3 Å². The molecule has 0 aromatic heterocycles. The summed E-state index contributed by atoms with van der Waals surface area (Å²) in [6.07, 6.45) is 7.70. The van der Waals surface area contributed by atoms with Crippen molar-refractivity contribution >= 4 is 17.5 Å². The summed E-state index contributed by atoms with van der Waals surface area (Å²) in [5.74, 6) is 1.06. The smallest absolute Gasteiger partial charge is 0.238 e. The summed E-state index contributed by atoms with van der Waals surface area (Å²) in [6, 6.07) is 7.33. The molecule has 0 N–H and O–H groups in total. The third kappa shape index (κ3) is 1.64. The third-order valence-electron chi connectivity index (χ3n) is 6.42. The largest absolute Gasteiger partial charge is 0.494 e. The van der Waals surface area contributed by atoms with Gasteiger partial charge in [-0.1, -0.05) is 19.1 Å². The Morgan fingerprint density at radius 2 is 1.62 bits per heavy atom. The van der Waals surface area contributed by atoms with Crippen LogP contribution in [0.15, 0.2) is 36.4 Å². The maximum Gasteiger partial charge on any atom is 0.238 e. The number of carbonyl (C=O) groups excluding carboxylic acids is 2. The molecule has 3 fully saturated rings. The predicted octanol–water partition coefficient (Wildman–Crippen LogP) is 3.18. The van der Waals surface area contributed by atoms with E-state index in [0.29, 0.717) is 12.3 Å². The van der Waals surface area contributed by atoms with Crippen LogP contribution in [-0.4, -0.2) is 18.4 Å². The maximum atomic E-state index is 13.0. The molecule has 3 aliphatic carbocycles. The molecule has 2 saturated carbocycles. The monoisotopic (exact) mass is 323 g/mol. The Hall–Kier alpha value is -2.10. The van der Waals surface area contributed by atoms with Gasteiger partial charge in [-0.05, 0) is 60.8 Å². The number of allylic oxidation sites excluding steroid dienone is 2. The zero-order valence-corrected chi connectivity index (χ0v) is 13.8. The lowest BCUT2D eigenvalue weighted by Crippen LogP contribution is -2.34. The highest BCUT2D eigenvalue weighted by Gasteiger charge is 2.73. The average molecular weight is 323 g/mol. The van der Waals surface area contributed by atoms with E-state index in [9.17, 15) is 9.59 Å². The molecule has 1 aromatic carbocycles. The topological polar surface area (TPSA) is 46.6 Å². The van der Waals surface area contributed by atoms with Gasteiger partial charge in [0.25, 0.3) is 0 Å². The van der Waals surface area contributed by atoms with Gasteiger partial charge in [0.2, 0.25) is 11.8 Å². The highest BCUT2D eigenvalue weighted by atomic mass is 16.5. The summed E-state index contributed by atoms with van der Waals surface area (Å²) in [4.78, 5) is 27.4. The maximum absolute atomic E-state index is 13.0. The molecule has 4 atom stereocenters. The number of imide groups is 1. The fraction of sp³-hybridized carbons (Fsp3) is 0.500. The molecule has 1 aromatic rings. The van der Waals surface area contributed by atoms with Gasteiger partial charge < -0.3 is 4.74 Å². The fourth-order valence-corrected chi connectivity index (χ4v) is 5.24. The van der Waals surface area contributed by atoms with Crippen molar-refractivity contribution in [2.45, 2.75) is 26.2 Å². The Labute approximate surface area is 141 Å². The normalized spacial score (nSPS) is 34.3. The summed E-state index contributed by atoms with van der Waals surface area (Å²) < 4.78 is 5.58. The number of nitrogens with zero attached hydrogens (tertiary/aromatic N) is 1. The minimum Gasteiger partial charge on any atom is -0.494 e. The number of rotatable bonds is 4. The SMILES string of the molecule is CCCOc1ccc(N2C(=O)[C@@H]3[C@@H](C2=O)[C@@H]2C=C[C@@H]3C23CC3)cc1. The summed E-state index contributed by atoms with van der Waals surface area (Å²) in [5, 5.41) is 0. The second-order valence-corrected chi connectivity index (χ2v) is 7.58. The van der Waals surface area contributed by atoms with Gasteiger partial charge in [-0.3, -0.25) is 14.5 Å². The molecule has 1 spiro atoms. The molecule has 1 saturated heterocycles. The zero-order chi connectivity index (χ0) is 16.5. The number of hydrogen-bond donors (Lipinski definition) is 0. The first kappa shape index (κ1) is 14.3. The van der Waals surface area contributed by atoms with Crippen LogP contribution in [-0.2, 0) is 9.59 Å². The van der Waals surface area contributed by atoms with Crippen LogP contribution in [0.3, 0.4) is 0 Å². The van der Waals surface area contributed by atoms with Gasteiger partial charge in [0, 0.05) is 0 Å². The molecule has 4 heteroatoms. The zero-order valence-electron chi connectivity index (χ0n) is 13.8. The molecule has 24 heavy (non-hydrogen) atoms. The van der Waals surface area contributed by atoms with E-state index in [1.54, 1.807) is 0 Å². The first-order chi connectivity index (χ1) is 11.7. The summed E-state index contributed by atoms with van der Waals surface area (Å²) in [6.45, 7) is 2.73. The molecule has 5 rings (SSSR count). The Bertz CT molecular complexity index is 713. The number of benzene rings is 1. The number of ether oxygens (including phenoxy) is 1. The minimum atomic E-state index is -0.133. The lowest BCUT2D eigenvalue weighted by Gasteiger charge is -2.21. The summed E-state index contributed by atoms with van der Waals surface area (Å²) >= 11 is 0. The van der Waals surface area contributed by atoms with Gasteiger partial charge in [0.1, 0.15) is 5.75 Å². The van der Waals surface area contributed by atoms with Crippen molar-refractivity contribution in [3.05, 3.63) is 36.4 Å². The highest BCUT2D eigenvalue weighted by Crippen LogP contribution is 2.73. The molecule has 4 aliphatic rings. The van der Waals surface area contributed by atoms with Crippen molar-refractivity contribution in [1.29, 1.82) is 0 Å². The lowest BCUT2D eigenvalue weighted by molar-refractivity contribution is -0.123. The number of amides is 2. The molecular weight excluding hydrogens is 302 g/mol. The number of carbonyl (C=O) groups is 2. The van der Waals surface area contributed by atoms with Crippen LogP contribution in [0.25, 0.3) is 0 Å².